The van der Waals surface area contributed by atoms with Crippen molar-refractivity contribution in [2.75, 3.05) is 80.2 Å². The number of hydrogen-bond donors (Lipinski definition) is 1. The first kappa shape index (κ1) is 81.8. The van der Waals surface area contributed by atoms with Crippen LogP contribution in [0.4, 0.5) is 0 Å². The molecule has 652 valence electrons. The number of rotatable bonds is 19. The summed E-state index contributed by atoms with van der Waals surface area (Å²) < 4.78 is 32.8. The normalized spacial score (nSPS) is 34.6. The largest absolute Gasteiger partial charge is 0.504 e. The number of aromatic hydroxyl groups is 1. The van der Waals surface area contributed by atoms with Crippen LogP contribution in [0.1, 0.15) is 166 Å². The molecule has 6 heterocycles. The molecule has 12 aliphatic carbocycles. The quantitative estimate of drug-likeness (QED) is 0.0837. The van der Waals surface area contributed by atoms with Gasteiger partial charge in [-0.05, 0) is 312 Å². The van der Waals surface area contributed by atoms with Gasteiger partial charge in [-0.2, -0.15) is 0 Å². The van der Waals surface area contributed by atoms with Gasteiger partial charge in [-0.1, -0.05) is 180 Å². The smallest absolute Gasteiger partial charge is 0.173 e. The Bertz CT molecular complexity index is 5200. The van der Waals surface area contributed by atoms with Crippen LogP contribution in [-0.2, 0) is 55.1 Å². The molecule has 0 radical (unpaired) electrons. The van der Waals surface area contributed by atoms with Crippen molar-refractivity contribution in [2.45, 2.75) is 207 Å². The van der Waals surface area contributed by atoms with Gasteiger partial charge in [0.25, 0.3) is 0 Å². The minimum absolute atomic E-state index is 0. The molecule has 12 nitrogen and oxygen atoms in total. The Morgan fingerprint density at radius 2 is 0.648 bits per heavy atom. The third-order valence-electron chi connectivity index (χ3n) is 36.9. The van der Waals surface area contributed by atoms with Crippen LogP contribution in [-0.4, -0.2) is 151 Å². The summed E-state index contributed by atoms with van der Waals surface area (Å²) in [5.41, 5.74) is 14.6. The number of hydrogen-bond acceptors (Lipinski definition) is 12. The van der Waals surface area contributed by atoms with E-state index in [0.29, 0.717) is 81.7 Å². The molecule has 18 atom stereocenters. The fourth-order valence-corrected chi connectivity index (χ4v) is 33.0. The Labute approximate surface area is 757 Å². The number of halogens is 2. The minimum Gasteiger partial charge on any atom is -0.504 e. The fraction of sp³-hybridized carbons (Fsp3) is 0.514. The van der Waals surface area contributed by atoms with E-state index >= 15 is 0 Å². The lowest BCUT2D eigenvalue weighted by atomic mass is 9.43. The molecule has 9 saturated carbocycles. The Kier molecular flexibility index (Phi) is 21.0. The molecular weight excluding hydrogens is 1630 g/mol. The van der Waals surface area contributed by atoms with Crippen molar-refractivity contribution < 1.29 is 28.8 Å². The summed E-state index contributed by atoms with van der Waals surface area (Å²) >= 11 is 3.31. The minimum atomic E-state index is 0. The summed E-state index contributed by atoms with van der Waals surface area (Å²) in [6.07, 6.45) is 27.9. The van der Waals surface area contributed by atoms with E-state index in [-0.39, 0.29) is 28.7 Å². The molecule has 9 aromatic rings. The van der Waals surface area contributed by atoms with E-state index in [1.54, 1.807) is 7.11 Å². The Morgan fingerprint density at radius 3 is 0.960 bits per heavy atom. The van der Waals surface area contributed by atoms with Gasteiger partial charge in [-0.3, -0.25) is 29.4 Å². The second-order valence-corrected chi connectivity index (χ2v) is 43.1. The van der Waals surface area contributed by atoms with Crippen molar-refractivity contribution in [1.82, 2.24) is 29.4 Å². The van der Waals surface area contributed by atoms with Gasteiger partial charge in [0.2, 0.25) is 0 Å². The third-order valence-corrected chi connectivity index (χ3v) is 37.4. The Balaban J connectivity index is 0.000000104. The lowest BCUT2D eigenvalue weighted by Crippen LogP contribution is -2.69. The van der Waals surface area contributed by atoms with Crippen LogP contribution in [0.5, 0.6) is 46.0 Å². The Hall–Kier alpha value is -7.69. The highest BCUT2D eigenvalue weighted by Gasteiger charge is 2.80. The zero-order chi connectivity index (χ0) is 82.8. The highest BCUT2D eigenvalue weighted by molar-refractivity contribution is 9.10. The monoisotopic (exact) mass is 1750 g/mol. The topological polar surface area (TPSA) is 85.8 Å². The molecule has 6 saturated heterocycles. The number of nitrogens with zero attached hydrogens (tertiary/aromatic N) is 6. The fourth-order valence-electron chi connectivity index (χ4n) is 32.7. The summed E-state index contributed by atoms with van der Waals surface area (Å²) in [7, 11) is 5.34. The number of para-hydroxylation sites is 2. The maximum Gasteiger partial charge on any atom is 0.173 e. The number of methoxy groups -OCH3 is 3. The van der Waals surface area contributed by atoms with Crippen molar-refractivity contribution >= 4 is 28.3 Å². The van der Waals surface area contributed by atoms with E-state index in [2.05, 4.69) is 227 Å². The summed E-state index contributed by atoms with van der Waals surface area (Å²) in [6, 6.07) is 81.6. The van der Waals surface area contributed by atoms with Gasteiger partial charge in [0.05, 0.1) is 21.3 Å². The molecule has 18 aliphatic rings. The maximum absolute atomic E-state index is 11.7. The van der Waals surface area contributed by atoms with Crippen molar-refractivity contribution in [1.29, 1.82) is 0 Å². The van der Waals surface area contributed by atoms with E-state index in [0.717, 1.165) is 113 Å². The average Bonchev–Trinajstić information content (AvgIpc) is 1.49. The zero-order valence-electron chi connectivity index (χ0n) is 73.7. The van der Waals surface area contributed by atoms with Gasteiger partial charge < -0.3 is 28.8 Å². The standard InChI is InChI=1S/2C37H42N2O2.C31H38N2O2.C6H5Br.ClH/c2*1-40-31-15-14-27-20-32-36-17-16-30-33(28(21-36)24-39(30)23-25-8-4-2-5-9-25)37(36,18-19-38(32)22-26-12-13-26)34(27)35(31)41-29-10-6-3-7-11-29;1-35-25-10-9-22-15-26-30-12-11-24-27(23(16-30)19-33(24)18-20-5-3-2-4-6-20)31(30,28(22)29(25)34)13-14-32(26)17-21-7-8-21;7-6-4-2-1-3-5-6;/h2*2-11,14-15,26,28,30,32-33H,12-13,16-24H2,1H3;2-6,9-10,21,23-24,26-27,34H,7-8,11-19H2,1H3;1-5H;1H. The molecule has 125 heavy (non-hydrogen) atoms. The number of benzene rings is 9. The number of likely N-dealkylation sites (tertiary alicyclic amines) is 6. The van der Waals surface area contributed by atoms with Gasteiger partial charge in [-0.25, -0.2) is 0 Å². The van der Waals surface area contributed by atoms with E-state index in [1.165, 1.54) is 225 Å². The SMILES string of the molecule is Brc1ccccc1.COc1ccc2c(c1O)C13CCN(CC4CC4)C(C2)C12CCC1C3C(CN1Cc1ccccc1)C2.COc1ccc2c(c1Oc1ccccc1)C13CCN(CC4CC4)C(C2)C12CCC1C3C(CN1Cc1ccccc1)C2.COc1ccc2c(c1Oc1ccccc1)C13CCN(CC4CC4)C(C2)C12CCC1C3C(CN1Cc1ccccc1)C2.Cl. The van der Waals surface area contributed by atoms with Gasteiger partial charge in [0.1, 0.15) is 11.5 Å². The number of phenols is 1. The third kappa shape index (κ3) is 13.0. The molecule has 15 fully saturated rings. The first-order valence-corrected chi connectivity index (χ1v) is 49.3. The van der Waals surface area contributed by atoms with Crippen LogP contribution in [0.2, 0.25) is 0 Å². The number of phenolic OH excluding ortho intramolecular Hbond substituents is 1. The summed E-state index contributed by atoms with van der Waals surface area (Å²) in [4.78, 5) is 17.4. The second kappa shape index (κ2) is 32.2. The summed E-state index contributed by atoms with van der Waals surface area (Å²) in [5, 5.41) is 11.7. The van der Waals surface area contributed by atoms with Gasteiger partial charge in [0, 0.05) is 133 Å². The molecule has 6 aliphatic heterocycles. The predicted octanol–water partition coefficient (Wildman–Crippen LogP) is 22.0. The van der Waals surface area contributed by atoms with Crippen LogP contribution >= 0.6 is 28.3 Å². The van der Waals surface area contributed by atoms with E-state index in [9.17, 15) is 5.11 Å². The first-order valence-electron chi connectivity index (χ1n) is 48.5. The molecule has 18 unspecified atom stereocenters. The van der Waals surface area contributed by atoms with Crippen LogP contribution in [0.15, 0.2) is 223 Å². The van der Waals surface area contributed by atoms with Crippen LogP contribution in [0.25, 0.3) is 0 Å². The molecule has 0 spiro atoms. The van der Waals surface area contributed by atoms with Gasteiger partial charge >= 0.3 is 0 Å². The first-order chi connectivity index (χ1) is 60.9. The van der Waals surface area contributed by atoms with Crippen LogP contribution < -0.4 is 23.7 Å². The van der Waals surface area contributed by atoms with E-state index < -0.39 is 0 Å². The summed E-state index contributed by atoms with van der Waals surface area (Å²) in [6.45, 7) is 14.6. The number of piperidine rings is 3. The maximum atomic E-state index is 11.7. The highest BCUT2D eigenvalue weighted by Crippen LogP contribution is 2.81. The van der Waals surface area contributed by atoms with Crippen LogP contribution in [0, 0.1) is 69.5 Å². The lowest BCUT2D eigenvalue weighted by Gasteiger charge is -2.66. The lowest BCUT2D eigenvalue weighted by molar-refractivity contribution is -0.106. The molecule has 1 N–H and O–H groups in total. The molecule has 0 amide bonds. The summed E-state index contributed by atoms with van der Waals surface area (Å²) in [5.74, 6) is 13.9. The molecule has 14 heteroatoms. The highest BCUT2D eigenvalue weighted by atomic mass is 79.9. The number of fused-ring (bicyclic) bond motifs is 3. The van der Waals surface area contributed by atoms with Crippen molar-refractivity contribution in [3.05, 3.63) is 273 Å². The molecule has 9 aromatic carbocycles. The Morgan fingerprint density at radius 1 is 0.344 bits per heavy atom. The van der Waals surface area contributed by atoms with E-state index in [4.69, 9.17) is 23.7 Å². The zero-order valence-corrected chi connectivity index (χ0v) is 76.1. The van der Waals surface area contributed by atoms with Crippen molar-refractivity contribution in [2.24, 2.45) is 69.5 Å². The van der Waals surface area contributed by atoms with Gasteiger partial charge in [0.15, 0.2) is 34.5 Å². The predicted molar refractivity (Wildman–Crippen MR) is 501 cm³/mol. The van der Waals surface area contributed by atoms with Crippen molar-refractivity contribution in [3.63, 3.8) is 0 Å². The number of ether oxygens (including phenoxy) is 5. The molecule has 27 rings (SSSR count). The molecule has 0 aromatic heterocycles. The van der Waals surface area contributed by atoms with Gasteiger partial charge in [-0.15, -0.1) is 12.4 Å². The average molecular weight is 1760 g/mol. The van der Waals surface area contributed by atoms with E-state index in [1.807, 2.05) is 50.6 Å². The van der Waals surface area contributed by atoms with Crippen molar-refractivity contribution in [3.8, 4) is 46.0 Å². The molecular formula is C111H128BrClN6O6. The van der Waals surface area contributed by atoms with Crippen LogP contribution in [0.3, 0.4) is 0 Å². The second-order valence-electron chi connectivity index (χ2n) is 42.2. The molecule has 12 bridgehead atoms.